The summed E-state index contributed by atoms with van der Waals surface area (Å²) < 4.78 is 129. The van der Waals surface area contributed by atoms with Crippen molar-refractivity contribution in [2.24, 2.45) is 0 Å². The standard InChI is InChI=1S/C14H12F10/c1-10(2,3)7-4-8(6-9(5-7)12(16,17)18)11(15,13(19,20)21)14(22,23)24/h4-6H,1-3H3. The van der Waals surface area contributed by atoms with Crippen LogP contribution in [0, 0.1) is 0 Å². The molecule has 0 aliphatic carbocycles. The van der Waals surface area contributed by atoms with Crippen molar-refractivity contribution in [3.8, 4) is 0 Å². The smallest absolute Gasteiger partial charge is 0.218 e. The molecule has 0 spiro atoms. The number of hydrogen-bond donors (Lipinski definition) is 0. The van der Waals surface area contributed by atoms with Crippen LogP contribution in [0.2, 0.25) is 0 Å². The van der Waals surface area contributed by atoms with E-state index in [0.29, 0.717) is 6.07 Å². The maximum atomic E-state index is 14.1. The fourth-order valence-corrected chi connectivity index (χ4v) is 1.91. The van der Waals surface area contributed by atoms with E-state index in [4.69, 9.17) is 0 Å². The molecule has 1 aromatic rings. The molecule has 138 valence electrons. The van der Waals surface area contributed by atoms with Crippen molar-refractivity contribution in [3.63, 3.8) is 0 Å². The fourth-order valence-electron chi connectivity index (χ4n) is 1.91. The first-order chi connectivity index (χ1) is 10.3. The molecule has 10 heteroatoms. The average molecular weight is 370 g/mol. The van der Waals surface area contributed by atoms with E-state index in [1.807, 2.05) is 0 Å². The van der Waals surface area contributed by atoms with Crippen LogP contribution < -0.4 is 0 Å². The van der Waals surface area contributed by atoms with E-state index in [9.17, 15) is 43.9 Å². The Morgan fingerprint density at radius 3 is 1.17 bits per heavy atom. The van der Waals surface area contributed by atoms with E-state index in [-0.39, 0.29) is 6.07 Å². The second kappa shape index (κ2) is 5.52. The number of rotatable bonds is 1. The first kappa shape index (κ1) is 20.6. The Bertz CT molecular complexity index is 552. The number of hydrogen-bond acceptors (Lipinski definition) is 0. The highest BCUT2D eigenvalue weighted by Gasteiger charge is 2.73. The van der Waals surface area contributed by atoms with Gasteiger partial charge in [-0.2, -0.15) is 39.5 Å². The van der Waals surface area contributed by atoms with Gasteiger partial charge in [-0.1, -0.05) is 26.8 Å². The van der Waals surface area contributed by atoms with Gasteiger partial charge in [0.1, 0.15) is 0 Å². The predicted octanol–water partition coefficient (Wildman–Crippen LogP) is 6.29. The van der Waals surface area contributed by atoms with Gasteiger partial charge in [0.2, 0.25) is 0 Å². The van der Waals surface area contributed by atoms with Crippen LogP contribution in [0.5, 0.6) is 0 Å². The van der Waals surface area contributed by atoms with E-state index < -0.39 is 52.4 Å². The summed E-state index contributed by atoms with van der Waals surface area (Å²) in [6, 6.07) is 0.100. The summed E-state index contributed by atoms with van der Waals surface area (Å²) in [6.45, 7) is 3.81. The van der Waals surface area contributed by atoms with Gasteiger partial charge < -0.3 is 0 Å². The monoisotopic (exact) mass is 370 g/mol. The van der Waals surface area contributed by atoms with Gasteiger partial charge in [0.05, 0.1) is 5.56 Å². The molecule has 24 heavy (non-hydrogen) atoms. The van der Waals surface area contributed by atoms with Gasteiger partial charge in [0.25, 0.3) is 0 Å². The normalized spacial score (nSPS) is 14.9. The minimum absolute atomic E-state index is 0.163. The maximum absolute atomic E-state index is 14.1. The van der Waals surface area contributed by atoms with Crippen molar-refractivity contribution >= 4 is 0 Å². The Morgan fingerprint density at radius 1 is 0.542 bits per heavy atom. The van der Waals surface area contributed by atoms with Crippen molar-refractivity contribution in [3.05, 3.63) is 34.9 Å². The largest absolute Gasteiger partial charge is 0.435 e. The van der Waals surface area contributed by atoms with Crippen LogP contribution in [0.15, 0.2) is 18.2 Å². The van der Waals surface area contributed by atoms with Gasteiger partial charge in [-0.15, -0.1) is 0 Å². The van der Waals surface area contributed by atoms with Crippen LogP contribution in [0.1, 0.15) is 37.5 Å². The molecule has 0 atom stereocenters. The molecule has 0 saturated heterocycles. The van der Waals surface area contributed by atoms with Crippen molar-refractivity contribution in [1.82, 2.24) is 0 Å². The van der Waals surface area contributed by atoms with Crippen molar-refractivity contribution in [2.45, 2.75) is 50.4 Å². The third-order valence-corrected chi connectivity index (χ3v) is 3.31. The SMILES string of the molecule is CC(C)(C)c1cc(C(F)(F)F)cc(C(F)(C(F)(F)F)C(F)(F)F)c1. The molecule has 0 aliphatic rings. The molecule has 0 heterocycles. The molecule has 0 amide bonds. The van der Waals surface area contributed by atoms with Crippen molar-refractivity contribution in [2.75, 3.05) is 0 Å². The first-order valence-electron chi connectivity index (χ1n) is 6.37. The number of benzene rings is 1. The second-order valence-corrected chi connectivity index (χ2v) is 6.20. The number of halogens is 10. The highest BCUT2D eigenvalue weighted by Crippen LogP contribution is 2.54. The minimum Gasteiger partial charge on any atom is -0.218 e. The molecular weight excluding hydrogens is 358 g/mol. The molecule has 0 radical (unpaired) electrons. The third kappa shape index (κ3) is 3.61. The van der Waals surface area contributed by atoms with E-state index in [2.05, 4.69) is 0 Å². The highest BCUT2D eigenvalue weighted by atomic mass is 19.4. The van der Waals surface area contributed by atoms with Crippen molar-refractivity contribution in [1.29, 1.82) is 0 Å². The van der Waals surface area contributed by atoms with Crippen LogP contribution in [-0.4, -0.2) is 12.4 Å². The molecule has 1 aromatic carbocycles. The third-order valence-electron chi connectivity index (χ3n) is 3.31. The van der Waals surface area contributed by atoms with Crippen LogP contribution in [0.3, 0.4) is 0 Å². The summed E-state index contributed by atoms with van der Waals surface area (Å²) in [5.41, 5.74) is -11.6. The molecule has 0 unspecified atom stereocenters. The molecular formula is C14H12F10. The summed E-state index contributed by atoms with van der Waals surface area (Å²) in [4.78, 5) is 0. The van der Waals surface area contributed by atoms with E-state index >= 15 is 0 Å². The van der Waals surface area contributed by atoms with Crippen LogP contribution in [0.25, 0.3) is 0 Å². The summed E-state index contributed by atoms with van der Waals surface area (Å²) in [5, 5.41) is 0. The van der Waals surface area contributed by atoms with Crippen molar-refractivity contribution < 1.29 is 43.9 Å². The summed E-state index contributed by atoms with van der Waals surface area (Å²) >= 11 is 0. The number of alkyl halides is 10. The highest BCUT2D eigenvalue weighted by molar-refractivity contribution is 5.40. The quantitative estimate of drug-likeness (QED) is 0.510. The molecule has 0 aromatic heterocycles. The topological polar surface area (TPSA) is 0 Å². The Balaban J connectivity index is 3.86. The van der Waals surface area contributed by atoms with Gasteiger partial charge in [-0.25, -0.2) is 4.39 Å². The lowest BCUT2D eigenvalue weighted by Gasteiger charge is -2.32. The van der Waals surface area contributed by atoms with E-state index in [1.54, 1.807) is 0 Å². The van der Waals surface area contributed by atoms with Crippen LogP contribution in [-0.2, 0) is 17.3 Å². The molecule has 0 nitrogen and oxygen atoms in total. The summed E-state index contributed by atoms with van der Waals surface area (Å²) in [6.07, 6.45) is -18.2. The van der Waals surface area contributed by atoms with Crippen LogP contribution in [0.4, 0.5) is 43.9 Å². The predicted molar refractivity (Wildman–Crippen MR) is 65.0 cm³/mol. The van der Waals surface area contributed by atoms with E-state index in [1.165, 1.54) is 20.8 Å². The molecule has 1 rings (SSSR count). The lowest BCUT2D eigenvalue weighted by molar-refractivity contribution is -0.348. The molecule has 0 bridgehead atoms. The van der Waals surface area contributed by atoms with Gasteiger partial charge in [-0.3, -0.25) is 0 Å². The molecule has 0 saturated carbocycles. The lowest BCUT2D eigenvalue weighted by atomic mass is 9.82. The average Bonchev–Trinajstić information content (AvgIpc) is 2.32. The zero-order chi connectivity index (χ0) is 19.4. The van der Waals surface area contributed by atoms with E-state index in [0.717, 1.165) is 0 Å². The van der Waals surface area contributed by atoms with Gasteiger partial charge in [-0.05, 0) is 23.1 Å². The lowest BCUT2D eigenvalue weighted by Crippen LogP contribution is -2.50. The molecule has 0 fully saturated rings. The fraction of sp³-hybridized carbons (Fsp3) is 0.571. The van der Waals surface area contributed by atoms with Gasteiger partial charge in [0.15, 0.2) is 0 Å². The van der Waals surface area contributed by atoms with Gasteiger partial charge >= 0.3 is 24.2 Å². The Morgan fingerprint density at radius 2 is 0.875 bits per heavy atom. The maximum Gasteiger partial charge on any atom is 0.435 e. The Labute approximate surface area is 130 Å². The minimum atomic E-state index is -6.48. The summed E-state index contributed by atoms with van der Waals surface area (Å²) in [5.74, 6) is 0. The zero-order valence-corrected chi connectivity index (χ0v) is 12.5. The first-order valence-corrected chi connectivity index (χ1v) is 6.37. The van der Waals surface area contributed by atoms with Crippen LogP contribution >= 0.6 is 0 Å². The second-order valence-electron chi connectivity index (χ2n) is 6.20. The molecule has 0 N–H and O–H groups in total. The Kier molecular flexibility index (Phi) is 4.73. The molecule has 0 aliphatic heterocycles. The Hall–Kier alpha value is -1.48. The summed E-state index contributed by atoms with van der Waals surface area (Å²) in [7, 11) is 0. The zero-order valence-electron chi connectivity index (χ0n) is 12.5. The van der Waals surface area contributed by atoms with Gasteiger partial charge in [0, 0.05) is 5.56 Å².